The minimum absolute atomic E-state index is 0.668. The second-order valence-corrected chi connectivity index (χ2v) is 7.54. The van der Waals surface area contributed by atoms with Gasteiger partial charge in [-0.1, -0.05) is 42.5 Å². The normalized spacial score (nSPS) is 15.4. The number of imidazole rings is 1. The van der Waals surface area contributed by atoms with Gasteiger partial charge in [0, 0.05) is 37.0 Å². The maximum atomic E-state index is 10.8. The number of nitrogens with one attached hydrogen (secondary N) is 1. The average Bonchev–Trinajstić information content (AvgIpc) is 3.05. The Labute approximate surface area is 164 Å². The molecule has 1 aliphatic rings. The van der Waals surface area contributed by atoms with Crippen molar-refractivity contribution in [2.45, 2.75) is 24.2 Å². The maximum Gasteiger partial charge on any atom is 0.184 e. The zero-order valence-electron chi connectivity index (χ0n) is 15.6. The number of aliphatic hydroxyl groups is 1. The molecule has 0 bridgehead atoms. The van der Waals surface area contributed by atoms with Crippen LogP contribution in [0.2, 0.25) is 0 Å². The van der Waals surface area contributed by atoms with Crippen molar-refractivity contribution in [3.63, 3.8) is 0 Å². The van der Waals surface area contributed by atoms with Gasteiger partial charge in [0.1, 0.15) is 5.82 Å². The van der Waals surface area contributed by atoms with Gasteiger partial charge in [0.2, 0.25) is 0 Å². The lowest BCUT2D eigenvalue weighted by atomic mass is 10.1. The fourth-order valence-electron chi connectivity index (χ4n) is 3.56. The molecule has 2 aromatic carbocycles. The number of aromatic nitrogens is 2. The summed E-state index contributed by atoms with van der Waals surface area (Å²) in [6.45, 7) is 1.44. The topological polar surface area (TPSA) is 53.3 Å². The third-order valence-corrected chi connectivity index (χ3v) is 5.85. The van der Waals surface area contributed by atoms with E-state index in [9.17, 15) is 5.11 Å². The van der Waals surface area contributed by atoms with E-state index in [-0.39, 0.29) is 0 Å². The molecule has 0 saturated carbocycles. The number of fused-ring (bicyclic) bond motifs is 1. The Morgan fingerprint density at radius 1 is 1.11 bits per heavy atom. The monoisotopic (exact) mass is 380 g/mol. The molecule has 140 valence electrons. The molecule has 1 aliphatic heterocycles. The summed E-state index contributed by atoms with van der Waals surface area (Å²) in [5.74, 6) is 0.984. The van der Waals surface area contributed by atoms with Crippen molar-refractivity contribution >= 4 is 17.4 Å². The van der Waals surface area contributed by atoms with Gasteiger partial charge in [0.25, 0.3) is 0 Å². The van der Waals surface area contributed by atoms with Crippen molar-refractivity contribution in [1.29, 1.82) is 0 Å². The molecule has 2 N–H and O–H groups in total. The quantitative estimate of drug-likeness (QED) is 0.524. The Morgan fingerprint density at radius 3 is 2.63 bits per heavy atom. The molecular weight excluding hydrogens is 356 g/mol. The van der Waals surface area contributed by atoms with Crippen molar-refractivity contribution in [2.24, 2.45) is 7.05 Å². The minimum atomic E-state index is -0.735. The first kappa shape index (κ1) is 18.1. The third kappa shape index (κ3) is 3.60. The van der Waals surface area contributed by atoms with E-state index in [1.807, 2.05) is 42.7 Å². The fraction of sp³-hybridized carbons (Fsp3) is 0.286. The Balaban J connectivity index is 1.54. The average molecular weight is 381 g/mol. The Kier molecular flexibility index (Phi) is 5.20. The van der Waals surface area contributed by atoms with Crippen LogP contribution in [0, 0.1) is 0 Å². The summed E-state index contributed by atoms with van der Waals surface area (Å²) in [5, 5.41) is 14.0. The number of rotatable bonds is 5. The summed E-state index contributed by atoms with van der Waals surface area (Å²) in [6.07, 6.45) is 2.14. The Bertz CT molecular complexity index is 925. The van der Waals surface area contributed by atoms with Crippen LogP contribution >= 0.6 is 11.8 Å². The molecule has 27 heavy (non-hydrogen) atoms. The summed E-state index contributed by atoms with van der Waals surface area (Å²) in [7, 11) is 2.06. The van der Waals surface area contributed by atoms with Crippen LogP contribution in [0.3, 0.4) is 0 Å². The first-order valence-corrected chi connectivity index (χ1v) is 10.3. The van der Waals surface area contributed by atoms with E-state index in [1.165, 1.54) is 5.69 Å². The number of anilines is 1. The van der Waals surface area contributed by atoms with Gasteiger partial charge >= 0.3 is 0 Å². The number of aliphatic hydroxyl groups excluding tert-OH is 1. The van der Waals surface area contributed by atoms with Crippen LogP contribution in [-0.4, -0.2) is 38.7 Å². The lowest BCUT2D eigenvalue weighted by Gasteiger charge is -2.32. The zero-order valence-corrected chi connectivity index (χ0v) is 16.4. The van der Waals surface area contributed by atoms with Crippen LogP contribution in [0.1, 0.15) is 11.4 Å². The van der Waals surface area contributed by atoms with Crippen molar-refractivity contribution in [1.82, 2.24) is 14.5 Å². The highest BCUT2D eigenvalue weighted by Crippen LogP contribution is 2.28. The van der Waals surface area contributed by atoms with E-state index in [2.05, 4.69) is 40.0 Å². The maximum absolute atomic E-state index is 10.8. The fourth-order valence-corrected chi connectivity index (χ4v) is 4.12. The van der Waals surface area contributed by atoms with E-state index in [0.717, 1.165) is 40.6 Å². The number of thioether (sulfide) groups is 1. The summed E-state index contributed by atoms with van der Waals surface area (Å²) in [5.41, 5.74) is 4.37. The predicted molar refractivity (Wildman–Crippen MR) is 111 cm³/mol. The molecule has 0 radical (unpaired) electrons. The van der Waals surface area contributed by atoms with Crippen molar-refractivity contribution in [3.8, 4) is 11.4 Å². The SMILES string of the molecule is CSc1ccccc1NC(O)N1CCc2nc(-c3ccccc3)n(C)c2C1. The summed E-state index contributed by atoms with van der Waals surface area (Å²) >= 11 is 1.67. The molecule has 0 spiro atoms. The summed E-state index contributed by atoms with van der Waals surface area (Å²) in [6, 6.07) is 18.3. The smallest absolute Gasteiger partial charge is 0.184 e. The molecule has 0 fully saturated rings. The molecule has 1 aromatic heterocycles. The number of hydrogen-bond acceptors (Lipinski definition) is 5. The van der Waals surface area contributed by atoms with E-state index in [1.54, 1.807) is 11.8 Å². The highest BCUT2D eigenvalue weighted by molar-refractivity contribution is 7.98. The highest BCUT2D eigenvalue weighted by atomic mass is 32.2. The third-order valence-electron chi connectivity index (χ3n) is 5.05. The van der Waals surface area contributed by atoms with Gasteiger partial charge in [-0.25, -0.2) is 4.98 Å². The zero-order chi connectivity index (χ0) is 18.8. The molecule has 1 atom stereocenters. The van der Waals surface area contributed by atoms with E-state index in [4.69, 9.17) is 4.98 Å². The van der Waals surface area contributed by atoms with Gasteiger partial charge in [-0.05, 0) is 18.4 Å². The van der Waals surface area contributed by atoms with Gasteiger partial charge < -0.3 is 15.0 Å². The molecule has 2 heterocycles. The lowest BCUT2D eigenvalue weighted by molar-refractivity contribution is 0.0144. The van der Waals surface area contributed by atoms with Gasteiger partial charge in [-0.2, -0.15) is 0 Å². The summed E-state index contributed by atoms with van der Waals surface area (Å²) in [4.78, 5) is 8.03. The molecule has 6 heteroatoms. The van der Waals surface area contributed by atoms with Gasteiger partial charge in [0.15, 0.2) is 6.35 Å². The second-order valence-electron chi connectivity index (χ2n) is 6.69. The molecular formula is C21H24N4OS. The van der Waals surface area contributed by atoms with E-state index >= 15 is 0 Å². The van der Waals surface area contributed by atoms with Crippen LogP contribution in [-0.2, 0) is 20.0 Å². The minimum Gasteiger partial charge on any atom is -0.361 e. The standard InChI is InChI=1S/C21H24N4OS/c1-24-18-14-25(21(26)23-17-10-6-7-11-19(17)27-2)13-12-16(18)22-20(24)15-8-4-3-5-9-15/h3-11,21,23,26H,12-14H2,1-2H3. The van der Waals surface area contributed by atoms with E-state index < -0.39 is 6.35 Å². The second kappa shape index (κ2) is 7.76. The number of para-hydroxylation sites is 1. The Morgan fingerprint density at radius 2 is 1.85 bits per heavy atom. The number of hydrogen-bond donors (Lipinski definition) is 2. The van der Waals surface area contributed by atoms with Gasteiger partial charge in [-0.15, -0.1) is 11.8 Å². The van der Waals surface area contributed by atoms with Crippen molar-refractivity contribution in [3.05, 3.63) is 66.0 Å². The molecule has 3 aromatic rings. The lowest BCUT2D eigenvalue weighted by Crippen LogP contribution is -2.44. The molecule has 4 rings (SSSR count). The van der Waals surface area contributed by atoms with Crippen LogP contribution in [0.15, 0.2) is 59.5 Å². The molecule has 5 nitrogen and oxygen atoms in total. The predicted octanol–water partition coefficient (Wildman–Crippen LogP) is 3.56. The molecule has 0 saturated heterocycles. The molecule has 0 amide bonds. The van der Waals surface area contributed by atoms with E-state index in [0.29, 0.717) is 6.54 Å². The molecule has 0 aliphatic carbocycles. The van der Waals surface area contributed by atoms with Gasteiger partial charge in [-0.3, -0.25) is 4.90 Å². The number of benzene rings is 2. The van der Waals surface area contributed by atoms with Crippen molar-refractivity contribution < 1.29 is 5.11 Å². The number of nitrogens with zero attached hydrogens (tertiary/aromatic N) is 3. The van der Waals surface area contributed by atoms with Crippen LogP contribution < -0.4 is 5.32 Å². The first-order valence-electron chi connectivity index (χ1n) is 9.09. The first-order chi connectivity index (χ1) is 13.2. The largest absolute Gasteiger partial charge is 0.361 e. The molecule has 1 unspecified atom stereocenters. The van der Waals surface area contributed by atoms with Crippen LogP contribution in [0.5, 0.6) is 0 Å². The van der Waals surface area contributed by atoms with Crippen LogP contribution in [0.25, 0.3) is 11.4 Å². The Hall–Kier alpha value is -2.28. The summed E-state index contributed by atoms with van der Waals surface area (Å²) < 4.78 is 2.15. The van der Waals surface area contributed by atoms with Crippen molar-refractivity contribution in [2.75, 3.05) is 18.1 Å². The van der Waals surface area contributed by atoms with Crippen LogP contribution in [0.4, 0.5) is 5.69 Å². The van der Waals surface area contributed by atoms with Gasteiger partial charge in [0.05, 0.1) is 17.1 Å². The highest BCUT2D eigenvalue weighted by Gasteiger charge is 2.27.